The summed E-state index contributed by atoms with van der Waals surface area (Å²) in [6.45, 7) is 0. The van der Waals surface area contributed by atoms with Crippen molar-refractivity contribution in [3.63, 3.8) is 0 Å². The average molecular weight is 1780 g/mol. The Morgan fingerprint density at radius 1 is 0.243 bits per heavy atom. The Kier molecular flexibility index (Phi) is 18.5. The molecule has 0 saturated heterocycles. The van der Waals surface area contributed by atoms with E-state index in [0.717, 1.165) is 183 Å². The van der Waals surface area contributed by atoms with Crippen LogP contribution < -0.4 is 4.90 Å². The summed E-state index contributed by atoms with van der Waals surface area (Å²) < 4.78 is 4.40. The van der Waals surface area contributed by atoms with Crippen LogP contribution in [0.25, 0.3) is 241 Å². The van der Waals surface area contributed by atoms with Crippen molar-refractivity contribution >= 4 is 202 Å². The predicted molar refractivity (Wildman–Crippen MR) is 582 cm³/mol. The van der Waals surface area contributed by atoms with Crippen LogP contribution in [-0.2, 0) is 0 Å². The van der Waals surface area contributed by atoms with E-state index >= 15 is 0 Å². The molecule has 0 radical (unpaired) electrons. The van der Waals surface area contributed by atoms with E-state index in [1.54, 1.807) is 0 Å². The third kappa shape index (κ3) is 13.0. The average Bonchev–Trinajstić information content (AvgIpc) is 1.48. The Morgan fingerprint density at radius 2 is 0.621 bits per heavy atom. The number of rotatable bonds is 9. The highest BCUT2D eigenvalue weighted by Crippen LogP contribution is 2.52. The number of nitrogens with zero attached hydrogens (tertiary/aromatic N) is 12. The quantitative estimate of drug-likeness (QED) is 0.130. The smallest absolute Gasteiger partial charge is 0.137 e. The van der Waals surface area contributed by atoms with E-state index in [0.29, 0.717) is 0 Å². The van der Waals surface area contributed by atoms with Crippen molar-refractivity contribution < 1.29 is 0 Å². The van der Waals surface area contributed by atoms with Crippen LogP contribution in [0.15, 0.2) is 473 Å². The SMILES string of the molecule is C1=CC2=Nc3c(c4ccc(-c5ccc(-c6ccc(N(c7ccccc7)c7ccccc7)cc6)cc5)cc4c4c3ccc3ccccc34)C2C=C1.c1ccc(-c2nc3c(ccc4ccccc43)nc2-c2ccc3c(c2)c2c4ccccc4ccc2c2nc4ccccn4c32)nc1.c1ccc(-c2nc3ccc4ccccc4c3nc2-c2ccc3c(c2)c2c4ccccc4ccc2c2nc4ccccn4c32)nc1. The van der Waals surface area contributed by atoms with Gasteiger partial charge in [-0.1, -0.05) is 322 Å². The van der Waals surface area contributed by atoms with Gasteiger partial charge >= 0.3 is 0 Å². The number of aromatic nitrogens is 10. The Balaban J connectivity index is 0.000000103. The molecule has 12 heteroatoms. The third-order valence-electron chi connectivity index (χ3n) is 28.3. The van der Waals surface area contributed by atoms with E-state index in [1.165, 1.54) is 92.5 Å². The minimum Gasteiger partial charge on any atom is -0.311 e. The van der Waals surface area contributed by atoms with Crippen molar-refractivity contribution in [1.29, 1.82) is 0 Å². The van der Waals surface area contributed by atoms with Gasteiger partial charge in [0.1, 0.15) is 22.7 Å². The molecule has 1 unspecified atom stereocenters. The zero-order valence-corrected chi connectivity index (χ0v) is 75.4. The van der Waals surface area contributed by atoms with Crippen LogP contribution in [0.5, 0.6) is 0 Å². The standard InChI is InChI=1S/C48H32N2.2C40H23N5/c1-3-12-37(13-4-1)50(38-14-5-2-6-15-38)39-27-23-33(24-28-39)32-19-21-34(22-20-32)36-26-29-41-44(31-36)46-40-16-8-7-11-35(40)25-30-43(46)48-47(41)42-17-9-10-18-45(42)49-48;1-3-11-27-24(9-1)15-19-30-35(27)31-23-26(16-18-29(31)40-38(30)43-34-14-6-8-22-45(34)40)36-39(32-13-5-7-21-41-32)42-33-20-17-25-10-2-4-12-28(25)37(33)44-36;1-3-11-27-24(9-1)15-19-30-35(27)31-23-26(16-18-29(31)40-38(30)43-34-14-6-8-22-45(34)40)36-39(32-13-5-7-21-41-32)44-37-28-12-4-2-10-25(28)17-20-33(37)42-36/h1-31,42H;2*1-23H. The molecule has 1 aliphatic carbocycles. The summed E-state index contributed by atoms with van der Waals surface area (Å²) in [4.78, 5) is 48.4. The van der Waals surface area contributed by atoms with Gasteiger partial charge in [-0.05, 0) is 230 Å². The zero-order chi connectivity index (χ0) is 92.0. The molecule has 0 amide bonds. The fourth-order valence-corrected chi connectivity index (χ4v) is 21.9. The molecule has 1 atom stereocenters. The van der Waals surface area contributed by atoms with Gasteiger partial charge in [-0.2, -0.15) is 0 Å². The summed E-state index contributed by atoms with van der Waals surface area (Å²) in [5.74, 6) is 0.192. The number of anilines is 3. The van der Waals surface area contributed by atoms with E-state index < -0.39 is 0 Å². The van der Waals surface area contributed by atoms with Crippen molar-refractivity contribution in [2.75, 3.05) is 4.90 Å². The summed E-state index contributed by atoms with van der Waals surface area (Å²) in [5.41, 5.74) is 28.1. The summed E-state index contributed by atoms with van der Waals surface area (Å²) in [6.07, 6.45) is 16.5. The lowest BCUT2D eigenvalue weighted by Gasteiger charge is -2.25. The van der Waals surface area contributed by atoms with Crippen LogP contribution in [0.3, 0.4) is 0 Å². The molecule has 12 nitrogen and oxygen atoms in total. The maximum Gasteiger partial charge on any atom is 0.137 e. The zero-order valence-electron chi connectivity index (χ0n) is 75.4. The van der Waals surface area contributed by atoms with Gasteiger partial charge < -0.3 is 4.90 Å². The molecular weight excluding hydrogens is 1710 g/mol. The number of hydrogen-bond acceptors (Lipinski definition) is 10. The number of fused-ring (bicyclic) bond motifs is 36. The first-order valence-electron chi connectivity index (χ1n) is 47.4. The van der Waals surface area contributed by atoms with E-state index in [-0.39, 0.29) is 5.92 Å². The highest BCUT2D eigenvalue weighted by Gasteiger charge is 2.32. The van der Waals surface area contributed by atoms with Crippen LogP contribution in [0.2, 0.25) is 0 Å². The van der Waals surface area contributed by atoms with Crippen LogP contribution in [-0.4, -0.2) is 54.4 Å². The minimum atomic E-state index is 0.192. The second kappa shape index (κ2) is 32.5. The third-order valence-corrected chi connectivity index (χ3v) is 28.3. The summed E-state index contributed by atoms with van der Waals surface area (Å²) in [6, 6.07) is 148. The molecule has 9 heterocycles. The molecule has 1 aliphatic heterocycles. The maximum absolute atomic E-state index is 5.38. The molecule has 0 N–H and O–H groups in total. The normalized spacial score (nSPS) is 12.9. The van der Waals surface area contributed by atoms with Gasteiger partial charge in [0, 0.05) is 96.6 Å². The second-order valence-corrected chi connectivity index (χ2v) is 36.1. The van der Waals surface area contributed by atoms with E-state index in [9.17, 15) is 0 Å². The first kappa shape index (κ1) is 79.6. The van der Waals surface area contributed by atoms with Crippen molar-refractivity contribution in [3.8, 4) is 67.5 Å². The van der Waals surface area contributed by atoms with Crippen molar-refractivity contribution in [2.24, 2.45) is 4.99 Å². The fraction of sp³-hybridized carbons (Fsp3) is 0.00781. The molecule has 650 valence electrons. The molecule has 0 bridgehead atoms. The lowest BCUT2D eigenvalue weighted by Crippen LogP contribution is -2.09. The minimum absolute atomic E-state index is 0.192. The first-order valence-corrected chi connectivity index (χ1v) is 47.4. The van der Waals surface area contributed by atoms with Gasteiger partial charge in [-0.3, -0.25) is 23.8 Å². The van der Waals surface area contributed by atoms with Gasteiger partial charge in [0.2, 0.25) is 0 Å². The molecule has 0 fully saturated rings. The van der Waals surface area contributed by atoms with Gasteiger partial charge in [-0.15, -0.1) is 0 Å². The highest BCUT2D eigenvalue weighted by molar-refractivity contribution is 6.34. The van der Waals surface area contributed by atoms with E-state index in [4.69, 9.17) is 44.9 Å². The van der Waals surface area contributed by atoms with E-state index in [2.05, 4.69) is 420 Å². The van der Waals surface area contributed by atoms with Crippen molar-refractivity contribution in [3.05, 3.63) is 473 Å². The molecule has 8 aromatic heterocycles. The monoisotopic (exact) mass is 1780 g/mol. The number of benzene rings is 20. The lowest BCUT2D eigenvalue weighted by atomic mass is 9.84. The number of hydrogen-bond donors (Lipinski definition) is 0. The largest absolute Gasteiger partial charge is 0.311 e. The molecule has 140 heavy (non-hydrogen) atoms. The number of aliphatic imine (C=N–C) groups is 1. The fourth-order valence-electron chi connectivity index (χ4n) is 21.9. The van der Waals surface area contributed by atoms with Gasteiger partial charge in [0.05, 0.1) is 78.3 Å². The summed E-state index contributed by atoms with van der Waals surface area (Å²) in [7, 11) is 0. The number of imidazole rings is 2. The molecule has 20 aromatic carbocycles. The topological polar surface area (TPSA) is 128 Å². The van der Waals surface area contributed by atoms with Crippen LogP contribution in [0.1, 0.15) is 11.5 Å². The Hall–Kier alpha value is -18.9. The number of para-hydroxylation sites is 2. The molecule has 30 rings (SSSR count). The molecular formula is C128H78N12. The molecule has 28 aromatic rings. The Morgan fingerprint density at radius 3 is 1.14 bits per heavy atom. The van der Waals surface area contributed by atoms with Crippen LogP contribution >= 0.6 is 0 Å². The van der Waals surface area contributed by atoms with Crippen LogP contribution in [0, 0.1) is 0 Å². The maximum atomic E-state index is 5.38. The van der Waals surface area contributed by atoms with Crippen molar-refractivity contribution in [1.82, 2.24) is 48.7 Å². The van der Waals surface area contributed by atoms with E-state index in [1.807, 2.05) is 60.9 Å². The predicted octanol–water partition coefficient (Wildman–Crippen LogP) is 32.8. The summed E-state index contributed by atoms with van der Waals surface area (Å²) >= 11 is 0. The lowest BCUT2D eigenvalue weighted by molar-refractivity contribution is 1.21. The highest BCUT2D eigenvalue weighted by atomic mass is 15.1. The molecule has 0 saturated carbocycles. The molecule has 0 spiro atoms. The first-order chi connectivity index (χ1) is 69.4. The van der Waals surface area contributed by atoms with Crippen molar-refractivity contribution in [2.45, 2.75) is 5.92 Å². The Bertz CT molecular complexity index is 10100. The number of allylic oxidation sites excluding steroid dienone is 4. The van der Waals surface area contributed by atoms with Gasteiger partial charge in [-0.25, -0.2) is 29.9 Å². The van der Waals surface area contributed by atoms with Crippen LogP contribution in [0.4, 0.5) is 22.7 Å². The van der Waals surface area contributed by atoms with Gasteiger partial charge in [0.15, 0.2) is 0 Å². The van der Waals surface area contributed by atoms with Gasteiger partial charge in [0.25, 0.3) is 0 Å². The summed E-state index contributed by atoms with van der Waals surface area (Å²) in [5, 5.41) is 26.1. The number of pyridine rings is 4. The Labute approximate surface area is 802 Å². The second-order valence-electron chi connectivity index (χ2n) is 36.1. The molecule has 2 aliphatic rings.